The minimum absolute atomic E-state index is 0.124. The van der Waals surface area contributed by atoms with Gasteiger partial charge in [-0.25, -0.2) is 0 Å². The Balaban J connectivity index is 2.20. The molecule has 0 bridgehead atoms. The van der Waals surface area contributed by atoms with Crippen molar-refractivity contribution >= 4 is 0 Å². The fourth-order valence-electron chi connectivity index (χ4n) is 2.51. The predicted octanol–water partition coefficient (Wildman–Crippen LogP) is 3.19. The number of hydrogen-bond donors (Lipinski definition) is 1. The van der Waals surface area contributed by atoms with Crippen LogP contribution in [0.5, 0.6) is 0 Å². The summed E-state index contributed by atoms with van der Waals surface area (Å²) in [7, 11) is 1.73. The van der Waals surface area contributed by atoms with Gasteiger partial charge in [-0.2, -0.15) is 13.2 Å². The summed E-state index contributed by atoms with van der Waals surface area (Å²) in [5.74, 6) is -1.60. The SMILES string of the molecule is CNC(C)c1nnc(C2CCCCC2C(F)(F)F)o1. The lowest BCUT2D eigenvalue weighted by Gasteiger charge is -2.30. The van der Waals surface area contributed by atoms with Crippen LogP contribution >= 0.6 is 0 Å². The molecule has 0 spiro atoms. The van der Waals surface area contributed by atoms with Gasteiger partial charge in [0, 0.05) is 5.92 Å². The highest BCUT2D eigenvalue weighted by Gasteiger charge is 2.47. The fourth-order valence-corrected chi connectivity index (χ4v) is 2.51. The Morgan fingerprint density at radius 2 is 1.95 bits per heavy atom. The van der Waals surface area contributed by atoms with E-state index >= 15 is 0 Å². The second-order valence-electron chi connectivity index (χ2n) is 5.03. The molecule has 1 aliphatic rings. The molecule has 1 heterocycles. The molecule has 0 aliphatic heterocycles. The minimum Gasteiger partial charge on any atom is -0.423 e. The molecule has 2 rings (SSSR count). The lowest BCUT2D eigenvalue weighted by Crippen LogP contribution is -2.31. The zero-order valence-electron chi connectivity index (χ0n) is 11.0. The smallest absolute Gasteiger partial charge is 0.392 e. The van der Waals surface area contributed by atoms with Crippen molar-refractivity contribution < 1.29 is 17.6 Å². The molecular formula is C12H18F3N3O. The van der Waals surface area contributed by atoms with Crippen LogP contribution in [0.2, 0.25) is 0 Å². The molecule has 7 heteroatoms. The van der Waals surface area contributed by atoms with Crippen molar-refractivity contribution in [3.05, 3.63) is 11.8 Å². The van der Waals surface area contributed by atoms with Crippen molar-refractivity contribution in [2.45, 2.75) is 50.7 Å². The lowest BCUT2D eigenvalue weighted by atomic mass is 9.79. The number of aromatic nitrogens is 2. The summed E-state index contributed by atoms with van der Waals surface area (Å²) in [5, 5.41) is 10.6. The Bertz CT molecular complexity index is 419. The molecule has 0 amide bonds. The molecule has 1 aliphatic carbocycles. The van der Waals surface area contributed by atoms with E-state index in [-0.39, 0.29) is 18.4 Å². The molecule has 0 saturated heterocycles. The molecule has 1 aromatic rings. The van der Waals surface area contributed by atoms with E-state index in [1.165, 1.54) is 0 Å². The average molecular weight is 277 g/mol. The number of halogens is 3. The standard InChI is InChI=1S/C12H18F3N3O/c1-7(16-2)10-17-18-11(19-10)8-5-3-4-6-9(8)12(13,14)15/h7-9,16H,3-6H2,1-2H3. The lowest BCUT2D eigenvalue weighted by molar-refractivity contribution is -0.188. The van der Waals surface area contributed by atoms with Crippen LogP contribution < -0.4 is 5.32 Å². The number of nitrogens with one attached hydrogen (secondary N) is 1. The number of alkyl halides is 3. The zero-order chi connectivity index (χ0) is 14.0. The van der Waals surface area contributed by atoms with Crippen LogP contribution in [0.4, 0.5) is 13.2 Å². The Morgan fingerprint density at radius 1 is 1.26 bits per heavy atom. The van der Waals surface area contributed by atoms with Crippen LogP contribution in [0.25, 0.3) is 0 Å². The molecular weight excluding hydrogens is 259 g/mol. The Hall–Kier alpha value is -1.11. The van der Waals surface area contributed by atoms with Crippen molar-refractivity contribution in [1.29, 1.82) is 0 Å². The molecule has 1 fully saturated rings. The van der Waals surface area contributed by atoms with Crippen molar-refractivity contribution in [1.82, 2.24) is 15.5 Å². The van der Waals surface area contributed by atoms with E-state index in [4.69, 9.17) is 4.42 Å². The first kappa shape index (κ1) is 14.3. The second-order valence-corrected chi connectivity index (χ2v) is 5.03. The highest BCUT2D eigenvalue weighted by atomic mass is 19.4. The van der Waals surface area contributed by atoms with Gasteiger partial charge >= 0.3 is 6.18 Å². The summed E-state index contributed by atoms with van der Waals surface area (Å²) >= 11 is 0. The fraction of sp³-hybridized carbons (Fsp3) is 0.833. The third-order valence-corrected chi connectivity index (χ3v) is 3.76. The van der Waals surface area contributed by atoms with E-state index < -0.39 is 18.0 Å². The van der Waals surface area contributed by atoms with Crippen LogP contribution in [-0.4, -0.2) is 23.4 Å². The molecule has 1 aromatic heterocycles. The molecule has 19 heavy (non-hydrogen) atoms. The summed E-state index contributed by atoms with van der Waals surface area (Å²) in [6.07, 6.45) is -2.22. The van der Waals surface area contributed by atoms with Gasteiger partial charge in [0.25, 0.3) is 0 Å². The van der Waals surface area contributed by atoms with Gasteiger partial charge in [-0.3, -0.25) is 0 Å². The quantitative estimate of drug-likeness (QED) is 0.922. The van der Waals surface area contributed by atoms with Crippen molar-refractivity contribution in [2.75, 3.05) is 7.05 Å². The Kier molecular flexibility index (Phi) is 4.13. The molecule has 108 valence electrons. The first-order valence-electron chi connectivity index (χ1n) is 6.50. The largest absolute Gasteiger partial charge is 0.423 e. The number of hydrogen-bond acceptors (Lipinski definition) is 4. The van der Waals surface area contributed by atoms with Crippen LogP contribution in [-0.2, 0) is 0 Å². The number of rotatable bonds is 3. The highest BCUT2D eigenvalue weighted by molar-refractivity contribution is 5.00. The molecule has 4 nitrogen and oxygen atoms in total. The topological polar surface area (TPSA) is 51.0 Å². The van der Waals surface area contributed by atoms with Crippen molar-refractivity contribution in [3.63, 3.8) is 0 Å². The molecule has 0 aromatic carbocycles. The van der Waals surface area contributed by atoms with Gasteiger partial charge in [-0.05, 0) is 26.8 Å². The third-order valence-electron chi connectivity index (χ3n) is 3.76. The van der Waals surface area contributed by atoms with E-state index in [0.29, 0.717) is 18.7 Å². The first-order valence-corrected chi connectivity index (χ1v) is 6.50. The Labute approximate surface area is 109 Å². The maximum absolute atomic E-state index is 13.0. The monoisotopic (exact) mass is 277 g/mol. The molecule has 1 N–H and O–H groups in total. The molecule has 3 unspecified atom stereocenters. The number of nitrogens with zero attached hydrogens (tertiary/aromatic N) is 2. The van der Waals surface area contributed by atoms with Gasteiger partial charge in [-0.15, -0.1) is 10.2 Å². The summed E-state index contributed by atoms with van der Waals surface area (Å²) in [4.78, 5) is 0. The van der Waals surface area contributed by atoms with Crippen LogP contribution in [0.1, 0.15) is 56.3 Å². The van der Waals surface area contributed by atoms with Crippen molar-refractivity contribution in [2.24, 2.45) is 5.92 Å². The van der Waals surface area contributed by atoms with Gasteiger partial charge in [0.15, 0.2) is 0 Å². The first-order chi connectivity index (χ1) is 8.93. The van der Waals surface area contributed by atoms with Crippen LogP contribution in [0.15, 0.2) is 4.42 Å². The van der Waals surface area contributed by atoms with E-state index in [2.05, 4.69) is 15.5 Å². The van der Waals surface area contributed by atoms with Gasteiger partial charge in [-0.1, -0.05) is 12.8 Å². The molecule has 1 saturated carbocycles. The molecule has 3 atom stereocenters. The van der Waals surface area contributed by atoms with Crippen LogP contribution in [0.3, 0.4) is 0 Å². The van der Waals surface area contributed by atoms with Gasteiger partial charge in [0.05, 0.1) is 12.0 Å². The van der Waals surface area contributed by atoms with E-state index in [1.54, 1.807) is 7.05 Å². The average Bonchev–Trinajstić information content (AvgIpc) is 2.86. The van der Waals surface area contributed by atoms with E-state index in [9.17, 15) is 13.2 Å². The van der Waals surface area contributed by atoms with E-state index in [1.807, 2.05) is 6.92 Å². The molecule has 0 radical (unpaired) electrons. The summed E-state index contributed by atoms with van der Waals surface area (Å²) in [6.45, 7) is 1.82. The third kappa shape index (κ3) is 3.08. The maximum atomic E-state index is 13.0. The van der Waals surface area contributed by atoms with Gasteiger partial charge in [0.2, 0.25) is 11.8 Å². The second kappa shape index (κ2) is 5.48. The van der Waals surface area contributed by atoms with Crippen LogP contribution in [0, 0.1) is 5.92 Å². The predicted molar refractivity (Wildman–Crippen MR) is 62.5 cm³/mol. The summed E-state index contributed by atoms with van der Waals surface area (Å²) in [5.41, 5.74) is 0. The maximum Gasteiger partial charge on any atom is 0.392 e. The van der Waals surface area contributed by atoms with Gasteiger partial charge in [0.1, 0.15) is 0 Å². The van der Waals surface area contributed by atoms with Gasteiger partial charge < -0.3 is 9.73 Å². The normalized spacial score (nSPS) is 26.4. The van der Waals surface area contributed by atoms with E-state index in [0.717, 1.165) is 6.42 Å². The zero-order valence-corrected chi connectivity index (χ0v) is 11.0. The Morgan fingerprint density at radius 3 is 2.58 bits per heavy atom. The highest BCUT2D eigenvalue weighted by Crippen LogP contribution is 2.46. The minimum atomic E-state index is -4.20. The summed E-state index contributed by atoms with van der Waals surface area (Å²) in [6, 6.07) is -0.158. The van der Waals surface area contributed by atoms with Crippen molar-refractivity contribution in [3.8, 4) is 0 Å². The summed E-state index contributed by atoms with van der Waals surface area (Å²) < 4.78 is 44.4.